The summed E-state index contributed by atoms with van der Waals surface area (Å²) in [5.41, 5.74) is 1.76. The van der Waals surface area contributed by atoms with Gasteiger partial charge >= 0.3 is 0 Å². The lowest BCUT2D eigenvalue weighted by molar-refractivity contribution is -0.525. The van der Waals surface area contributed by atoms with Gasteiger partial charge in [-0.15, -0.1) is 0 Å². The number of hydrazine groups is 1. The van der Waals surface area contributed by atoms with Gasteiger partial charge in [-0.1, -0.05) is 154 Å². The Kier molecular flexibility index (Phi) is 31.2. The number of unbranched alkanes of at least 4 members (excludes halogenated alkanes) is 22. The fourth-order valence-corrected chi connectivity index (χ4v) is 5.60. The van der Waals surface area contributed by atoms with Crippen LogP contribution < -0.4 is 21.4 Å². The molecule has 10 heteroatoms. The molecule has 0 aromatic rings. The predicted octanol–water partition coefficient (Wildman–Crippen LogP) is 8.47. The Morgan fingerprint density at radius 3 is 1.47 bits per heavy atom. The van der Waals surface area contributed by atoms with Gasteiger partial charge in [0.05, 0.1) is 0 Å². The van der Waals surface area contributed by atoms with Crippen molar-refractivity contribution in [1.29, 1.82) is 5.41 Å². The van der Waals surface area contributed by atoms with E-state index in [1.54, 1.807) is 5.43 Å². The molecular weight excluding hydrogens is 568 g/mol. The lowest BCUT2D eigenvalue weighted by Crippen LogP contribution is -2.47. The fraction of sp³-hybridized carbons (Fsp3) is 0.914. The van der Waals surface area contributed by atoms with Crippen LogP contribution in [-0.4, -0.2) is 41.9 Å². The van der Waals surface area contributed by atoms with Gasteiger partial charge in [0, 0.05) is 19.5 Å². The molecule has 264 valence electrons. The van der Waals surface area contributed by atoms with Gasteiger partial charge in [-0.25, -0.2) is 10.1 Å². The van der Waals surface area contributed by atoms with Crippen LogP contribution >= 0.6 is 0 Å². The zero-order chi connectivity index (χ0) is 33.2. The van der Waals surface area contributed by atoms with Gasteiger partial charge in [-0.05, 0) is 32.1 Å². The summed E-state index contributed by atoms with van der Waals surface area (Å²) >= 11 is 0. The second-order valence-electron chi connectivity index (χ2n) is 12.8. The number of hydrogen-bond acceptors (Lipinski definition) is 5. The van der Waals surface area contributed by atoms with Crippen molar-refractivity contribution in [3.05, 3.63) is 10.1 Å². The number of rotatable bonds is 33. The third kappa shape index (κ3) is 31.4. The first kappa shape index (κ1) is 42.6. The van der Waals surface area contributed by atoms with E-state index in [1.807, 2.05) is 0 Å². The normalized spacial score (nSPS) is 11.6. The summed E-state index contributed by atoms with van der Waals surface area (Å²) in [5, 5.41) is 25.6. The zero-order valence-electron chi connectivity index (χ0n) is 29.2. The standard InChI is InChI=1S/C35H70N6O4/c1-3-5-7-9-10-11-12-13-14-15-16-17-18-19-20-21-22-23-24-29-33(42)39-32(34(43)37-30-26-8-6-4-2)28-25-27-31-38-35(36)40-41(44)45/h32H,3-31H2,1-2H3,(H,37,43)(H,39,42)(H3,36,38,40). The zero-order valence-corrected chi connectivity index (χ0v) is 29.2. The van der Waals surface area contributed by atoms with Crippen molar-refractivity contribution in [2.24, 2.45) is 0 Å². The minimum absolute atomic E-state index is 0.0804. The molecule has 45 heavy (non-hydrogen) atoms. The maximum absolute atomic E-state index is 12.8. The number of carbonyl (C=O) groups excluding carboxylic acids is 2. The van der Waals surface area contributed by atoms with Crippen LogP contribution in [0, 0.1) is 15.5 Å². The summed E-state index contributed by atoms with van der Waals surface area (Å²) in [7, 11) is 0. The molecule has 0 rings (SSSR count). The first-order valence-corrected chi connectivity index (χ1v) is 18.7. The molecule has 0 bridgehead atoms. The number of nitrogens with one attached hydrogen (secondary N) is 5. The fourth-order valence-electron chi connectivity index (χ4n) is 5.60. The van der Waals surface area contributed by atoms with Crippen molar-refractivity contribution < 1.29 is 14.6 Å². The van der Waals surface area contributed by atoms with Crippen LogP contribution in [0.25, 0.3) is 0 Å². The number of nitrogens with zero attached hydrogens (tertiary/aromatic N) is 1. The van der Waals surface area contributed by atoms with Crippen LogP contribution in [0.5, 0.6) is 0 Å². The first-order chi connectivity index (χ1) is 21.9. The van der Waals surface area contributed by atoms with Crippen molar-refractivity contribution in [3.8, 4) is 0 Å². The molecule has 0 aliphatic carbocycles. The molecule has 0 saturated heterocycles. The average Bonchev–Trinajstić information content (AvgIpc) is 3.00. The second-order valence-corrected chi connectivity index (χ2v) is 12.8. The molecule has 0 radical (unpaired) electrons. The van der Waals surface area contributed by atoms with E-state index in [4.69, 9.17) is 5.41 Å². The quantitative estimate of drug-likeness (QED) is 0.0160. The van der Waals surface area contributed by atoms with E-state index < -0.39 is 11.1 Å². The molecule has 0 aliphatic heterocycles. The summed E-state index contributed by atoms with van der Waals surface area (Å²) in [6.07, 6.45) is 31.5. The highest BCUT2D eigenvalue weighted by Gasteiger charge is 2.20. The van der Waals surface area contributed by atoms with E-state index in [9.17, 15) is 19.7 Å². The monoisotopic (exact) mass is 639 g/mol. The highest BCUT2D eigenvalue weighted by Crippen LogP contribution is 2.15. The Morgan fingerprint density at radius 2 is 1.00 bits per heavy atom. The lowest BCUT2D eigenvalue weighted by atomic mass is 10.0. The van der Waals surface area contributed by atoms with Gasteiger partial charge in [0.15, 0.2) is 5.03 Å². The molecule has 0 aliphatic rings. The van der Waals surface area contributed by atoms with E-state index in [2.05, 4.69) is 29.8 Å². The van der Waals surface area contributed by atoms with Crippen LogP contribution in [0.15, 0.2) is 0 Å². The Hall–Kier alpha value is -2.39. The smallest absolute Gasteiger partial charge is 0.251 e. The molecule has 0 saturated carbocycles. The van der Waals surface area contributed by atoms with E-state index in [0.717, 1.165) is 44.9 Å². The lowest BCUT2D eigenvalue weighted by Gasteiger charge is -2.19. The maximum atomic E-state index is 12.8. The second kappa shape index (κ2) is 33.0. The van der Waals surface area contributed by atoms with Crippen LogP contribution in [0.4, 0.5) is 0 Å². The van der Waals surface area contributed by atoms with E-state index in [1.165, 1.54) is 103 Å². The molecular formula is C35H70N6O4. The molecule has 1 unspecified atom stereocenters. The minimum Gasteiger partial charge on any atom is -0.354 e. The largest absolute Gasteiger partial charge is 0.354 e. The van der Waals surface area contributed by atoms with Gasteiger partial charge in [0.2, 0.25) is 11.8 Å². The summed E-state index contributed by atoms with van der Waals surface area (Å²) in [4.78, 5) is 35.8. The highest BCUT2D eigenvalue weighted by molar-refractivity contribution is 5.87. The van der Waals surface area contributed by atoms with Crippen molar-refractivity contribution in [3.63, 3.8) is 0 Å². The maximum Gasteiger partial charge on any atom is 0.251 e. The number of hydrogen-bond donors (Lipinski definition) is 5. The van der Waals surface area contributed by atoms with Gasteiger partial charge < -0.3 is 16.0 Å². The van der Waals surface area contributed by atoms with Crippen molar-refractivity contribution in [2.45, 2.75) is 193 Å². The summed E-state index contributed by atoms with van der Waals surface area (Å²) < 4.78 is 0. The predicted molar refractivity (Wildman–Crippen MR) is 187 cm³/mol. The molecule has 2 amide bonds. The third-order valence-electron chi connectivity index (χ3n) is 8.41. The third-order valence-corrected chi connectivity index (χ3v) is 8.41. The van der Waals surface area contributed by atoms with Crippen LogP contribution in [0.1, 0.15) is 187 Å². The Balaban J connectivity index is 3.95. The molecule has 0 aromatic heterocycles. The van der Waals surface area contributed by atoms with Crippen LogP contribution in [0.3, 0.4) is 0 Å². The molecule has 0 heterocycles. The molecule has 10 nitrogen and oxygen atoms in total. The van der Waals surface area contributed by atoms with Gasteiger partial charge in [-0.3, -0.25) is 15.0 Å². The number of carbonyl (C=O) groups is 2. The SMILES string of the molecule is CCCCCCCCCCCCCCCCCCCCCC(=O)NC(CCCCNC(=N)N[N+](=O)[O-])C(=O)NCCCCCC. The molecule has 5 N–H and O–H groups in total. The minimum atomic E-state index is -0.785. The molecule has 0 aromatic carbocycles. The highest BCUT2D eigenvalue weighted by atomic mass is 16.7. The van der Waals surface area contributed by atoms with Crippen LogP contribution in [-0.2, 0) is 9.59 Å². The van der Waals surface area contributed by atoms with Gasteiger partial charge in [-0.2, -0.15) is 0 Å². The summed E-state index contributed by atoms with van der Waals surface area (Å²) in [6, 6.07) is -0.583. The van der Waals surface area contributed by atoms with Gasteiger partial charge in [0.1, 0.15) is 6.04 Å². The van der Waals surface area contributed by atoms with Gasteiger partial charge in [0.25, 0.3) is 5.96 Å². The van der Waals surface area contributed by atoms with Crippen molar-refractivity contribution in [2.75, 3.05) is 13.1 Å². The molecule has 0 fully saturated rings. The van der Waals surface area contributed by atoms with Crippen molar-refractivity contribution >= 4 is 17.8 Å². The summed E-state index contributed by atoms with van der Waals surface area (Å²) in [5.74, 6) is -0.596. The molecule has 0 spiro atoms. The van der Waals surface area contributed by atoms with E-state index in [0.29, 0.717) is 38.8 Å². The Bertz CT molecular complexity index is 737. The van der Waals surface area contributed by atoms with E-state index in [-0.39, 0.29) is 17.8 Å². The Labute approximate surface area is 275 Å². The topological polar surface area (TPSA) is 149 Å². The number of amides is 2. The number of guanidine groups is 1. The Morgan fingerprint density at radius 1 is 0.600 bits per heavy atom. The van der Waals surface area contributed by atoms with Crippen molar-refractivity contribution in [1.82, 2.24) is 21.4 Å². The average molecular weight is 639 g/mol. The summed E-state index contributed by atoms with van der Waals surface area (Å²) in [6.45, 7) is 5.40. The van der Waals surface area contributed by atoms with Crippen LogP contribution in [0.2, 0.25) is 0 Å². The van der Waals surface area contributed by atoms with E-state index >= 15 is 0 Å². The molecule has 1 atom stereocenters. The number of nitro groups is 1. The first-order valence-electron chi connectivity index (χ1n) is 18.7.